The molecule has 0 aliphatic heterocycles. The number of alkyl halides is 2. The third-order valence-electron chi connectivity index (χ3n) is 1.43. The van der Waals surface area contributed by atoms with Crippen molar-refractivity contribution in [1.29, 1.82) is 0 Å². The molecule has 0 saturated heterocycles. The van der Waals surface area contributed by atoms with E-state index in [1.165, 1.54) is 6.07 Å². The molecule has 3 nitrogen and oxygen atoms in total. The molecule has 1 heterocycles. The van der Waals surface area contributed by atoms with Crippen molar-refractivity contribution in [2.75, 3.05) is 0 Å². The van der Waals surface area contributed by atoms with Crippen LogP contribution in [0.5, 0.6) is 0 Å². The Balaban J connectivity index is 0.00000169. The van der Waals surface area contributed by atoms with Gasteiger partial charge in [-0.05, 0) is 12.1 Å². The van der Waals surface area contributed by atoms with E-state index in [1.807, 2.05) is 0 Å². The van der Waals surface area contributed by atoms with Gasteiger partial charge in [0, 0.05) is 29.8 Å². The first kappa shape index (κ1) is 13.5. The van der Waals surface area contributed by atoms with E-state index in [1.54, 1.807) is 0 Å². The second kappa shape index (κ2) is 6.06. The van der Waals surface area contributed by atoms with E-state index in [-0.39, 0.29) is 47.2 Å². The summed E-state index contributed by atoms with van der Waals surface area (Å²) in [6, 6.07) is 2.40. The third kappa shape index (κ3) is 4.13. The third-order valence-corrected chi connectivity index (χ3v) is 1.43. The fourth-order valence-corrected chi connectivity index (χ4v) is 0.817. The summed E-state index contributed by atoms with van der Waals surface area (Å²) in [4.78, 5) is 13.6. The van der Waals surface area contributed by atoms with E-state index in [0.29, 0.717) is 0 Å². The summed E-state index contributed by atoms with van der Waals surface area (Å²) in [5.41, 5.74) is -0.00787. The van der Waals surface area contributed by atoms with E-state index in [2.05, 4.69) is 4.98 Å². The van der Waals surface area contributed by atoms with Crippen molar-refractivity contribution in [3.8, 4) is 0 Å². The summed E-state index contributed by atoms with van der Waals surface area (Å²) in [5, 5.41) is 10.1. The van der Waals surface area contributed by atoms with E-state index >= 15 is 0 Å². The van der Waals surface area contributed by atoms with Crippen LogP contribution in [0.2, 0.25) is 0 Å². The number of pyridine rings is 1. The Morgan fingerprint density at radius 2 is 2.14 bits per heavy atom. The number of halogens is 2. The van der Waals surface area contributed by atoms with Gasteiger partial charge in [0.25, 0.3) is 6.43 Å². The minimum absolute atomic E-state index is 0. The van der Waals surface area contributed by atoms with E-state index in [0.717, 1.165) is 12.3 Å². The van der Waals surface area contributed by atoms with Crippen LogP contribution >= 0.6 is 0 Å². The summed E-state index contributed by atoms with van der Waals surface area (Å²) in [7, 11) is 0. The first-order valence-electron chi connectivity index (χ1n) is 3.52. The van der Waals surface area contributed by atoms with Gasteiger partial charge in [0.1, 0.15) is 0 Å². The number of hydrogen-bond acceptors (Lipinski definition) is 3. The number of nitrogens with zero attached hydrogens (tertiary/aromatic N) is 1. The molecule has 0 fully saturated rings. The molecule has 0 radical (unpaired) electrons. The first-order valence-corrected chi connectivity index (χ1v) is 3.52. The van der Waals surface area contributed by atoms with Gasteiger partial charge in [0.05, 0.1) is 0 Å². The maximum Gasteiger partial charge on any atom is 1.00 e. The molecule has 0 saturated carbocycles. The summed E-state index contributed by atoms with van der Waals surface area (Å²) in [5.74, 6) is -1.28. The molecule has 0 aliphatic carbocycles. The number of carbonyl (C=O) groups excluding carboxylic acids is 1. The average molecular weight is 209 g/mol. The van der Waals surface area contributed by atoms with Crippen molar-refractivity contribution in [2.24, 2.45) is 0 Å². The van der Waals surface area contributed by atoms with Crippen LogP contribution in [-0.4, -0.2) is 11.0 Å². The predicted octanol–water partition coefficient (Wildman–Crippen LogP) is -2.68. The quantitative estimate of drug-likeness (QED) is 0.509. The Kier molecular flexibility index (Phi) is 5.83. The number of aromatic nitrogens is 1. The van der Waals surface area contributed by atoms with Crippen LogP contribution in [-0.2, 0) is 11.2 Å². The van der Waals surface area contributed by atoms with Crippen LogP contribution in [0, 0.1) is 0 Å². The Morgan fingerprint density at radius 1 is 1.50 bits per heavy atom. The van der Waals surface area contributed by atoms with Crippen LogP contribution in [0.4, 0.5) is 8.78 Å². The fourth-order valence-electron chi connectivity index (χ4n) is 0.817. The Morgan fingerprint density at radius 3 is 2.50 bits per heavy atom. The normalized spacial score (nSPS) is 9.64. The number of carboxylic acid groups (broad SMARTS) is 1. The molecule has 0 bridgehead atoms. The minimum Gasteiger partial charge on any atom is -0.550 e. The van der Waals surface area contributed by atoms with Gasteiger partial charge in [-0.3, -0.25) is 4.98 Å². The number of hydrogen-bond donors (Lipinski definition) is 0. The molecule has 0 aliphatic rings. The van der Waals surface area contributed by atoms with Crippen molar-refractivity contribution in [3.05, 3.63) is 29.6 Å². The van der Waals surface area contributed by atoms with E-state index in [9.17, 15) is 18.7 Å². The Bertz CT molecular complexity index is 303. The van der Waals surface area contributed by atoms with Crippen LogP contribution in [0.1, 0.15) is 17.7 Å². The van der Waals surface area contributed by atoms with Gasteiger partial charge in [-0.2, -0.15) is 0 Å². The molecule has 0 atom stereocenters. The molecule has 1 aromatic heterocycles. The molecular weight excluding hydrogens is 203 g/mol. The molecule has 14 heavy (non-hydrogen) atoms. The molecule has 1 rings (SSSR count). The van der Waals surface area contributed by atoms with Gasteiger partial charge in [-0.25, -0.2) is 8.78 Å². The number of carbonyl (C=O) groups is 1. The molecule has 0 amide bonds. The van der Waals surface area contributed by atoms with Crippen LogP contribution in [0.25, 0.3) is 0 Å². The molecule has 1 aromatic rings. The van der Waals surface area contributed by atoms with Gasteiger partial charge in [0.2, 0.25) is 0 Å². The minimum atomic E-state index is -2.58. The van der Waals surface area contributed by atoms with E-state index < -0.39 is 12.4 Å². The number of carboxylic acids is 1. The topological polar surface area (TPSA) is 53.0 Å². The summed E-state index contributed by atoms with van der Waals surface area (Å²) in [6.45, 7) is 0. The SMILES string of the molecule is O=C([O-])Cc1ccc(C(F)F)cn1.[Na+]. The van der Waals surface area contributed by atoms with Crippen molar-refractivity contribution < 1.29 is 48.2 Å². The Hall–Kier alpha value is -0.520. The average Bonchev–Trinajstić information content (AvgIpc) is 2.04. The largest absolute Gasteiger partial charge is 1.00 e. The predicted molar refractivity (Wildman–Crippen MR) is 37.9 cm³/mol. The molecule has 0 aromatic carbocycles. The molecule has 0 N–H and O–H groups in total. The maximum atomic E-state index is 12.0. The van der Waals surface area contributed by atoms with Crippen LogP contribution in [0.15, 0.2) is 18.3 Å². The zero-order valence-corrected chi connectivity index (χ0v) is 9.54. The molecule has 70 valence electrons. The Labute approximate surface area is 101 Å². The second-order valence-electron chi connectivity index (χ2n) is 2.43. The summed E-state index contributed by atoms with van der Waals surface area (Å²) in [6.07, 6.45) is -1.98. The van der Waals surface area contributed by atoms with Crippen molar-refractivity contribution in [2.45, 2.75) is 12.8 Å². The van der Waals surface area contributed by atoms with Crippen molar-refractivity contribution >= 4 is 5.97 Å². The van der Waals surface area contributed by atoms with Gasteiger partial charge in [0.15, 0.2) is 0 Å². The standard InChI is InChI=1S/C8H7F2NO2.Na/c9-8(10)5-1-2-6(11-4-5)3-7(12)13;/h1-2,4,8H,3H2,(H,12,13);/q;+1/p-1. The van der Waals surface area contributed by atoms with Gasteiger partial charge < -0.3 is 9.90 Å². The second-order valence-corrected chi connectivity index (χ2v) is 2.43. The number of aliphatic carboxylic acids is 1. The maximum absolute atomic E-state index is 12.0. The molecule has 0 unspecified atom stereocenters. The zero-order valence-electron chi connectivity index (χ0n) is 7.54. The van der Waals surface area contributed by atoms with Crippen molar-refractivity contribution in [3.63, 3.8) is 0 Å². The fraction of sp³-hybridized carbons (Fsp3) is 0.250. The van der Waals surface area contributed by atoms with Crippen LogP contribution in [0.3, 0.4) is 0 Å². The van der Waals surface area contributed by atoms with Crippen molar-refractivity contribution in [1.82, 2.24) is 4.98 Å². The molecular formula is C8H6F2NNaO2. The van der Waals surface area contributed by atoms with Gasteiger partial charge in [-0.1, -0.05) is 0 Å². The molecule has 0 spiro atoms. The van der Waals surface area contributed by atoms with Gasteiger partial charge >= 0.3 is 29.6 Å². The van der Waals surface area contributed by atoms with E-state index in [4.69, 9.17) is 0 Å². The monoisotopic (exact) mass is 209 g/mol. The zero-order chi connectivity index (χ0) is 9.84. The summed E-state index contributed by atoms with van der Waals surface area (Å²) < 4.78 is 24.0. The molecule has 6 heteroatoms. The smallest absolute Gasteiger partial charge is 0.550 e. The van der Waals surface area contributed by atoms with Crippen LogP contribution < -0.4 is 34.7 Å². The first-order chi connectivity index (χ1) is 6.09. The number of rotatable bonds is 3. The summed E-state index contributed by atoms with van der Waals surface area (Å²) >= 11 is 0. The van der Waals surface area contributed by atoms with Gasteiger partial charge in [-0.15, -0.1) is 0 Å².